The van der Waals surface area contributed by atoms with Crippen LogP contribution in [0.2, 0.25) is 0 Å². The molecule has 1 heterocycles. The summed E-state index contributed by atoms with van der Waals surface area (Å²) < 4.78 is 0. The van der Waals surface area contributed by atoms with Crippen LogP contribution in [0.5, 0.6) is 0 Å². The lowest BCUT2D eigenvalue weighted by molar-refractivity contribution is 0.0939. The van der Waals surface area contributed by atoms with E-state index in [1.165, 1.54) is 0 Å². The molecule has 5 nitrogen and oxygen atoms in total. The van der Waals surface area contributed by atoms with E-state index >= 15 is 0 Å². The summed E-state index contributed by atoms with van der Waals surface area (Å²) in [6.45, 7) is 8.18. The molecular weight excluding hydrogens is 422 g/mol. The van der Waals surface area contributed by atoms with Gasteiger partial charge >= 0.3 is 0 Å². The van der Waals surface area contributed by atoms with Crippen LogP contribution in [0, 0.1) is 6.92 Å². The fourth-order valence-electron chi connectivity index (χ4n) is 4.50. The number of piperazine rings is 1. The second-order valence-corrected chi connectivity index (χ2v) is 9.28. The van der Waals surface area contributed by atoms with Crippen LogP contribution in [-0.2, 0) is 6.42 Å². The monoisotopic (exact) mass is 457 g/mol. The molecule has 0 bridgehead atoms. The van der Waals surface area contributed by atoms with Crippen LogP contribution in [0.15, 0.2) is 66.7 Å². The van der Waals surface area contributed by atoms with Crippen molar-refractivity contribution in [2.75, 3.05) is 44.7 Å². The van der Waals surface area contributed by atoms with Crippen LogP contribution < -0.4 is 10.2 Å². The molecule has 0 unspecified atom stereocenters. The Labute approximate surface area is 203 Å². The number of likely N-dealkylation sites (N-methyl/N-ethyl adjacent to an activating group) is 1. The predicted molar refractivity (Wildman–Crippen MR) is 139 cm³/mol. The van der Waals surface area contributed by atoms with Gasteiger partial charge in [0.25, 0.3) is 5.91 Å². The number of rotatable bonds is 7. The van der Waals surface area contributed by atoms with Crippen molar-refractivity contribution in [3.8, 4) is 11.1 Å². The molecule has 1 saturated heterocycles. The maximum atomic E-state index is 13.2. The van der Waals surface area contributed by atoms with Crippen molar-refractivity contribution in [2.24, 2.45) is 0 Å². The highest BCUT2D eigenvalue weighted by Gasteiger charge is 2.18. The fourth-order valence-corrected chi connectivity index (χ4v) is 4.50. The number of nitrogens with one attached hydrogen (secondary N) is 1. The quantitative estimate of drug-likeness (QED) is 0.551. The van der Waals surface area contributed by atoms with Gasteiger partial charge < -0.3 is 20.2 Å². The summed E-state index contributed by atoms with van der Waals surface area (Å²) in [6, 6.07) is 22.6. The van der Waals surface area contributed by atoms with Gasteiger partial charge in [0.1, 0.15) is 0 Å². The second-order valence-electron chi connectivity index (χ2n) is 9.28. The van der Waals surface area contributed by atoms with Gasteiger partial charge in [0, 0.05) is 44.0 Å². The Balaban J connectivity index is 1.49. The van der Waals surface area contributed by atoms with E-state index in [4.69, 9.17) is 0 Å². The van der Waals surface area contributed by atoms with Crippen LogP contribution in [0.4, 0.5) is 5.69 Å². The minimum atomic E-state index is -0.125. The van der Waals surface area contributed by atoms with E-state index in [2.05, 4.69) is 58.6 Å². The summed E-state index contributed by atoms with van der Waals surface area (Å²) in [6.07, 6.45) is 0.645. The fraction of sp³-hybridized carbons (Fsp3) is 0.345. The molecule has 4 rings (SSSR count). The predicted octanol–water partition coefficient (Wildman–Crippen LogP) is 4.44. The van der Waals surface area contributed by atoms with Gasteiger partial charge in [-0.15, -0.1) is 0 Å². The lowest BCUT2D eigenvalue weighted by atomic mass is 9.98. The molecule has 0 saturated carbocycles. The van der Waals surface area contributed by atoms with Gasteiger partial charge in [-0.3, -0.25) is 4.79 Å². The average Bonchev–Trinajstić information content (AvgIpc) is 2.85. The molecule has 5 heteroatoms. The number of anilines is 1. The number of carbonyl (C=O) groups excluding carboxylic acids is 1. The molecule has 1 fully saturated rings. The van der Waals surface area contributed by atoms with Gasteiger partial charge in [-0.25, -0.2) is 0 Å². The standard InChI is InChI=1S/C29H35N3O2/c1-21-10-11-27(32-15-13-31(3)14-16-32)20-28(21)29(34)30-22(2)24-7-5-9-26(19-24)25-8-4-6-23(18-25)12-17-33/h4-11,18-20,22,33H,12-17H2,1-3H3,(H,30,34)/t22-/m1/s1. The summed E-state index contributed by atoms with van der Waals surface area (Å²) in [4.78, 5) is 17.9. The van der Waals surface area contributed by atoms with Crippen molar-refractivity contribution in [1.82, 2.24) is 10.2 Å². The first-order valence-electron chi connectivity index (χ1n) is 12.1. The molecule has 0 radical (unpaired) electrons. The van der Waals surface area contributed by atoms with Crippen molar-refractivity contribution >= 4 is 11.6 Å². The van der Waals surface area contributed by atoms with E-state index in [9.17, 15) is 9.90 Å². The third kappa shape index (κ3) is 5.66. The number of hydrogen-bond acceptors (Lipinski definition) is 4. The van der Waals surface area contributed by atoms with Crippen molar-refractivity contribution in [3.63, 3.8) is 0 Å². The first kappa shape index (κ1) is 24.0. The number of aliphatic hydroxyl groups excluding tert-OH is 1. The third-order valence-electron chi connectivity index (χ3n) is 6.73. The highest BCUT2D eigenvalue weighted by molar-refractivity contribution is 5.97. The number of hydrogen-bond donors (Lipinski definition) is 2. The molecule has 0 aliphatic carbocycles. The summed E-state index contributed by atoms with van der Waals surface area (Å²) in [5, 5.41) is 12.5. The molecule has 0 spiro atoms. The maximum absolute atomic E-state index is 13.2. The number of benzene rings is 3. The molecule has 0 aromatic heterocycles. The molecular formula is C29H35N3O2. The van der Waals surface area contributed by atoms with Crippen LogP contribution in [-0.4, -0.2) is 55.7 Å². The molecule has 1 aliphatic heterocycles. The third-order valence-corrected chi connectivity index (χ3v) is 6.73. The zero-order chi connectivity index (χ0) is 24.1. The van der Waals surface area contributed by atoms with Gasteiger partial charge in [0.2, 0.25) is 0 Å². The number of aliphatic hydroxyl groups is 1. The molecule has 3 aromatic carbocycles. The highest BCUT2D eigenvalue weighted by Crippen LogP contribution is 2.26. The first-order valence-corrected chi connectivity index (χ1v) is 12.1. The van der Waals surface area contributed by atoms with E-state index in [1.54, 1.807) is 0 Å². The lowest BCUT2D eigenvalue weighted by Crippen LogP contribution is -2.44. The van der Waals surface area contributed by atoms with Crippen LogP contribution >= 0.6 is 0 Å². The molecule has 3 aromatic rings. The Bertz CT molecular complexity index is 1140. The van der Waals surface area contributed by atoms with Crippen molar-refractivity contribution in [1.29, 1.82) is 0 Å². The van der Waals surface area contributed by atoms with Gasteiger partial charge in [0.05, 0.1) is 6.04 Å². The molecule has 2 N–H and O–H groups in total. The highest BCUT2D eigenvalue weighted by atomic mass is 16.3. The number of aryl methyl sites for hydroxylation is 1. The topological polar surface area (TPSA) is 55.8 Å². The van der Waals surface area contributed by atoms with E-state index in [0.29, 0.717) is 6.42 Å². The van der Waals surface area contributed by atoms with E-state index in [1.807, 2.05) is 44.2 Å². The maximum Gasteiger partial charge on any atom is 0.252 e. The van der Waals surface area contributed by atoms with Crippen molar-refractivity contribution < 1.29 is 9.90 Å². The summed E-state index contributed by atoms with van der Waals surface area (Å²) >= 11 is 0. The Morgan fingerprint density at radius 3 is 2.41 bits per heavy atom. The molecule has 1 atom stereocenters. The smallest absolute Gasteiger partial charge is 0.252 e. The second kappa shape index (κ2) is 10.9. The summed E-state index contributed by atoms with van der Waals surface area (Å²) in [5.74, 6) is -0.0451. The number of carbonyl (C=O) groups is 1. The van der Waals surface area contributed by atoms with E-state index in [0.717, 1.165) is 65.2 Å². The van der Waals surface area contributed by atoms with E-state index < -0.39 is 0 Å². The Morgan fingerprint density at radius 1 is 0.971 bits per heavy atom. The number of amides is 1. The molecule has 1 aliphatic rings. The van der Waals surface area contributed by atoms with Gasteiger partial charge in [-0.2, -0.15) is 0 Å². The summed E-state index contributed by atoms with van der Waals surface area (Å²) in [5.41, 5.74) is 7.22. The minimum Gasteiger partial charge on any atom is -0.396 e. The zero-order valence-electron chi connectivity index (χ0n) is 20.4. The Kier molecular flexibility index (Phi) is 7.66. The van der Waals surface area contributed by atoms with Crippen LogP contribution in [0.3, 0.4) is 0 Å². The summed E-state index contributed by atoms with van der Waals surface area (Å²) in [7, 11) is 2.15. The first-order chi connectivity index (χ1) is 16.4. The minimum absolute atomic E-state index is 0.0451. The average molecular weight is 458 g/mol. The molecule has 34 heavy (non-hydrogen) atoms. The SMILES string of the molecule is Cc1ccc(N2CCN(C)CC2)cc1C(=O)N[C@H](C)c1cccc(-c2cccc(CCO)c2)c1. The van der Waals surface area contributed by atoms with Crippen molar-refractivity contribution in [2.45, 2.75) is 26.3 Å². The number of nitrogens with zero attached hydrogens (tertiary/aromatic N) is 2. The Hall–Kier alpha value is -3.15. The van der Waals surface area contributed by atoms with Crippen LogP contribution in [0.25, 0.3) is 11.1 Å². The normalized spacial score (nSPS) is 15.2. The van der Waals surface area contributed by atoms with Gasteiger partial charge in [-0.1, -0.05) is 48.5 Å². The molecule has 178 valence electrons. The van der Waals surface area contributed by atoms with Crippen molar-refractivity contribution in [3.05, 3.63) is 89.0 Å². The largest absolute Gasteiger partial charge is 0.396 e. The van der Waals surface area contributed by atoms with Gasteiger partial charge in [-0.05, 0) is 73.3 Å². The lowest BCUT2D eigenvalue weighted by Gasteiger charge is -2.34. The Morgan fingerprint density at radius 2 is 1.68 bits per heavy atom. The van der Waals surface area contributed by atoms with Crippen LogP contribution in [0.1, 0.15) is 40.0 Å². The zero-order valence-corrected chi connectivity index (χ0v) is 20.4. The van der Waals surface area contributed by atoms with Gasteiger partial charge in [0.15, 0.2) is 0 Å². The van der Waals surface area contributed by atoms with E-state index in [-0.39, 0.29) is 18.6 Å². The molecule has 1 amide bonds.